The zero-order valence-corrected chi connectivity index (χ0v) is 10.8. The second-order valence-electron chi connectivity index (χ2n) is 0. The van der Waals surface area contributed by atoms with E-state index in [1.165, 1.54) is 0 Å². The molecule has 2 radical (unpaired) electrons. The van der Waals surface area contributed by atoms with Crippen molar-refractivity contribution >= 4 is 0 Å². The van der Waals surface area contributed by atoms with Crippen molar-refractivity contribution in [2.45, 2.75) is 0 Å². The molecule has 4 heteroatoms. The third-order valence-electron chi connectivity index (χ3n) is 0. The fraction of sp³-hybridized carbons (Fsp3) is 0. The van der Waals surface area contributed by atoms with Crippen molar-refractivity contribution in [1.29, 1.82) is 0 Å². The van der Waals surface area contributed by atoms with Crippen LogP contribution in [0.5, 0.6) is 0 Å². The summed E-state index contributed by atoms with van der Waals surface area (Å²) in [6, 6.07) is 0. The zero-order valence-electron chi connectivity index (χ0n) is 3.25. The summed E-state index contributed by atoms with van der Waals surface area (Å²) in [4.78, 5) is 0. The summed E-state index contributed by atoms with van der Waals surface area (Å²) < 4.78 is 0. The van der Waals surface area contributed by atoms with Gasteiger partial charge in [-0.05, 0) is 0 Å². The van der Waals surface area contributed by atoms with E-state index in [1.807, 2.05) is 0 Å². The van der Waals surface area contributed by atoms with Crippen molar-refractivity contribution in [2.24, 2.45) is 0 Å². The Bertz CT molecular complexity index is 11.6. The molecule has 0 spiro atoms. The molecule has 0 aliphatic rings. The molecule has 4 heavy (non-hydrogen) atoms. The minimum absolute atomic E-state index is 0. The third kappa shape index (κ3) is 8.89. The van der Waals surface area contributed by atoms with Gasteiger partial charge < -0.3 is 1.43 Å². The maximum absolute atomic E-state index is 0. The summed E-state index contributed by atoms with van der Waals surface area (Å²) in [6.07, 6.45) is 0. The quantitative estimate of drug-likeness (QED) is 0.410. The summed E-state index contributed by atoms with van der Waals surface area (Å²) in [5.74, 6) is 0. The van der Waals surface area contributed by atoms with Crippen LogP contribution in [-0.2, 0) is 61.8 Å². The van der Waals surface area contributed by atoms with Crippen LogP contribution in [0.15, 0.2) is 0 Å². The molecule has 0 amide bonds. The van der Waals surface area contributed by atoms with Crippen molar-refractivity contribution in [3.05, 3.63) is 0 Å². The number of hydrogen-bond acceptors (Lipinski definition) is 0. The van der Waals surface area contributed by atoms with Crippen molar-refractivity contribution in [1.82, 2.24) is 0 Å². The van der Waals surface area contributed by atoms with E-state index in [4.69, 9.17) is 0 Å². The van der Waals surface area contributed by atoms with E-state index in [1.54, 1.807) is 0 Å². The average Bonchev–Trinajstić information content (AvgIpc) is 0. The van der Waals surface area contributed by atoms with Crippen LogP contribution in [-0.4, -0.2) is 0 Å². The van der Waals surface area contributed by atoms with E-state index in [0.717, 1.165) is 0 Å². The van der Waals surface area contributed by atoms with Gasteiger partial charge in [0.2, 0.25) is 0 Å². The molecule has 0 unspecified atom stereocenters. The van der Waals surface area contributed by atoms with E-state index in [-0.39, 0.29) is 92.8 Å². The Kier molecular flexibility index (Phi) is 117. The van der Waals surface area contributed by atoms with E-state index in [9.17, 15) is 0 Å². The van der Waals surface area contributed by atoms with Gasteiger partial charge in [-0.25, -0.2) is 0 Å². The number of hydrogen-bond donors (Lipinski definition) is 0. The maximum atomic E-state index is 0. The van der Waals surface area contributed by atoms with Gasteiger partial charge in [0, 0.05) is 61.8 Å². The first-order valence-corrected chi connectivity index (χ1v) is 0. The molecule has 0 aliphatic carbocycles. The summed E-state index contributed by atoms with van der Waals surface area (Å²) in [7, 11) is 0. The molecule has 0 aliphatic heterocycles. The largest absolute Gasteiger partial charge is 1.00 e. The summed E-state index contributed by atoms with van der Waals surface area (Å²) >= 11 is 0. The van der Waals surface area contributed by atoms with Crippen LogP contribution in [0.2, 0.25) is 0 Å². The van der Waals surface area contributed by atoms with Crippen LogP contribution in [0.3, 0.4) is 0 Å². The van der Waals surface area contributed by atoms with Crippen molar-refractivity contribution in [3.8, 4) is 0 Å². The molecule has 20 valence electrons. The number of rotatable bonds is 0. The standard InChI is InChI=1S/Fe.Na.Nb.Ta.H/q;+1;;;-1. The van der Waals surface area contributed by atoms with Crippen LogP contribution in [0.1, 0.15) is 1.43 Å². The van der Waals surface area contributed by atoms with Gasteiger partial charge >= 0.3 is 29.6 Å². The van der Waals surface area contributed by atoms with Crippen molar-refractivity contribution in [2.75, 3.05) is 0 Å². The maximum Gasteiger partial charge on any atom is 1.00 e. The monoisotopic (exact) mass is 354 g/mol. The third-order valence-corrected chi connectivity index (χ3v) is 0. The Morgan fingerprint density at radius 3 is 1.25 bits per heavy atom. The van der Waals surface area contributed by atoms with Gasteiger partial charge in [0.05, 0.1) is 0 Å². The molecule has 0 aromatic carbocycles. The molecule has 0 fully saturated rings. The van der Waals surface area contributed by atoms with E-state index in [2.05, 4.69) is 0 Å². The summed E-state index contributed by atoms with van der Waals surface area (Å²) in [5.41, 5.74) is 0. The SMILES string of the molecule is [Fe].[H-].[Na+].[Nb].[Ta]. The molecule has 0 rings (SSSR count). The molecule has 0 aromatic heterocycles. The normalized spacial score (nSPS) is 0. The van der Waals surface area contributed by atoms with E-state index < -0.39 is 0 Å². The molecule has 0 nitrogen and oxygen atoms in total. The Morgan fingerprint density at radius 2 is 1.25 bits per heavy atom. The Labute approximate surface area is 91.1 Å². The zero-order chi connectivity index (χ0) is 0. The molecule has 0 saturated heterocycles. The predicted octanol–water partition coefficient (Wildman–Crippen LogP) is -2.89. The van der Waals surface area contributed by atoms with Crippen LogP contribution in [0, 0.1) is 0 Å². The van der Waals surface area contributed by atoms with Crippen LogP contribution in [0.4, 0.5) is 0 Å². The van der Waals surface area contributed by atoms with Crippen LogP contribution >= 0.6 is 0 Å². The van der Waals surface area contributed by atoms with E-state index >= 15 is 0 Å². The predicted molar refractivity (Wildman–Crippen MR) is 1.11 cm³/mol. The smallest absolute Gasteiger partial charge is 1.00 e. The molecule has 0 saturated carbocycles. The fourth-order valence-electron chi connectivity index (χ4n) is 0. The van der Waals surface area contributed by atoms with Gasteiger partial charge in [-0.1, -0.05) is 0 Å². The van der Waals surface area contributed by atoms with Crippen molar-refractivity contribution < 1.29 is 92.8 Å². The fourth-order valence-corrected chi connectivity index (χ4v) is 0. The Morgan fingerprint density at radius 1 is 1.25 bits per heavy atom. The van der Waals surface area contributed by atoms with Gasteiger partial charge in [0.15, 0.2) is 0 Å². The first kappa shape index (κ1) is 28.0. The van der Waals surface area contributed by atoms with E-state index in [0.29, 0.717) is 0 Å². The molecular weight excluding hydrogens is 353 g/mol. The Balaban J connectivity index is 0. The van der Waals surface area contributed by atoms with Gasteiger partial charge in [-0.15, -0.1) is 0 Å². The molecule has 0 atom stereocenters. The molecular formula is HFeNaNbTa. The molecule has 0 N–H and O–H groups in total. The summed E-state index contributed by atoms with van der Waals surface area (Å²) in [6.45, 7) is 0. The molecule has 0 heterocycles. The molecule has 0 aromatic rings. The second kappa shape index (κ2) is 16.7. The minimum atomic E-state index is 0. The molecule has 0 bridgehead atoms. The van der Waals surface area contributed by atoms with Gasteiger partial charge in [0.1, 0.15) is 0 Å². The van der Waals surface area contributed by atoms with Gasteiger partial charge in [-0.3, -0.25) is 0 Å². The van der Waals surface area contributed by atoms with Gasteiger partial charge in [0.25, 0.3) is 0 Å². The topological polar surface area (TPSA) is 0 Å². The van der Waals surface area contributed by atoms with Crippen LogP contribution in [0.25, 0.3) is 0 Å². The average molecular weight is 354 g/mol. The summed E-state index contributed by atoms with van der Waals surface area (Å²) in [5, 5.41) is 0. The second-order valence-corrected chi connectivity index (χ2v) is 0. The Hall–Kier alpha value is 3.00. The van der Waals surface area contributed by atoms with Crippen molar-refractivity contribution in [3.63, 3.8) is 0 Å². The first-order chi connectivity index (χ1) is 0. The van der Waals surface area contributed by atoms with Gasteiger partial charge in [-0.2, -0.15) is 0 Å². The van der Waals surface area contributed by atoms with Crippen LogP contribution < -0.4 is 29.6 Å². The first-order valence-electron chi connectivity index (χ1n) is 0. The minimum Gasteiger partial charge on any atom is -1.00 e.